The largest absolute Gasteiger partial charge is 0.496 e. The van der Waals surface area contributed by atoms with Crippen LogP contribution in [0.25, 0.3) is 0 Å². The number of halogens is 3. The fourth-order valence-corrected chi connectivity index (χ4v) is 2.54. The molecule has 1 fully saturated rings. The van der Waals surface area contributed by atoms with E-state index in [4.69, 9.17) is 9.84 Å². The summed E-state index contributed by atoms with van der Waals surface area (Å²) in [5.41, 5.74) is 0.108. The lowest BCUT2D eigenvalue weighted by molar-refractivity contribution is -0.187. The first-order valence-corrected chi connectivity index (χ1v) is 6.47. The zero-order chi connectivity index (χ0) is 16.5. The van der Waals surface area contributed by atoms with Gasteiger partial charge in [-0.05, 0) is 12.1 Å². The molecule has 0 aromatic heterocycles. The van der Waals surface area contributed by atoms with Crippen molar-refractivity contribution in [3.63, 3.8) is 0 Å². The molecule has 1 aliphatic heterocycles. The number of aliphatic carboxylic acids is 1. The Labute approximate surface area is 124 Å². The van der Waals surface area contributed by atoms with Crippen molar-refractivity contribution in [1.29, 1.82) is 0 Å². The van der Waals surface area contributed by atoms with Crippen molar-refractivity contribution < 1.29 is 32.6 Å². The highest BCUT2D eigenvalue weighted by atomic mass is 19.4. The number of amides is 1. The van der Waals surface area contributed by atoms with E-state index in [1.807, 2.05) is 0 Å². The maximum atomic E-state index is 12.9. The number of benzene rings is 1. The van der Waals surface area contributed by atoms with E-state index in [9.17, 15) is 22.8 Å². The van der Waals surface area contributed by atoms with Crippen molar-refractivity contribution in [2.24, 2.45) is 11.8 Å². The lowest BCUT2D eigenvalue weighted by Gasteiger charge is -2.19. The van der Waals surface area contributed by atoms with Gasteiger partial charge in [-0.15, -0.1) is 0 Å². The Kier molecular flexibility index (Phi) is 4.30. The van der Waals surface area contributed by atoms with Crippen LogP contribution in [0.15, 0.2) is 24.3 Å². The molecule has 1 N–H and O–H groups in total. The molecule has 2 rings (SSSR count). The van der Waals surface area contributed by atoms with Crippen LogP contribution in [0.2, 0.25) is 0 Å². The van der Waals surface area contributed by atoms with Crippen molar-refractivity contribution in [1.82, 2.24) is 4.90 Å². The zero-order valence-electron chi connectivity index (χ0n) is 11.6. The number of likely N-dealkylation sites (tertiary alicyclic amines) is 1. The zero-order valence-corrected chi connectivity index (χ0v) is 11.6. The molecule has 1 amide bonds. The molecule has 1 heterocycles. The molecular formula is C14H14F3NO4. The molecule has 1 aliphatic rings. The Hall–Kier alpha value is -2.25. The Balaban J connectivity index is 2.27. The van der Waals surface area contributed by atoms with Crippen LogP contribution in [0, 0.1) is 11.8 Å². The summed E-state index contributed by atoms with van der Waals surface area (Å²) in [7, 11) is 1.34. The van der Waals surface area contributed by atoms with Crippen LogP contribution in [-0.4, -0.2) is 48.3 Å². The molecule has 0 spiro atoms. The Morgan fingerprint density at radius 2 is 1.91 bits per heavy atom. The first-order valence-electron chi connectivity index (χ1n) is 6.47. The van der Waals surface area contributed by atoms with Gasteiger partial charge < -0.3 is 14.7 Å². The number of alkyl halides is 3. The van der Waals surface area contributed by atoms with Gasteiger partial charge in [-0.1, -0.05) is 12.1 Å². The number of ether oxygens (including phenoxy) is 1. The maximum absolute atomic E-state index is 12.9. The lowest BCUT2D eigenvalue weighted by atomic mass is 9.96. The SMILES string of the molecule is COc1ccccc1C(=O)N1C[C@@H](C(F)(F)F)[C@H](C(=O)O)C1. The lowest BCUT2D eigenvalue weighted by Crippen LogP contribution is -2.34. The molecule has 0 aliphatic carbocycles. The number of nitrogens with zero attached hydrogens (tertiary/aromatic N) is 1. The van der Waals surface area contributed by atoms with Crippen LogP contribution in [0.5, 0.6) is 5.75 Å². The number of carboxylic acids is 1. The van der Waals surface area contributed by atoms with Crippen molar-refractivity contribution in [3.05, 3.63) is 29.8 Å². The van der Waals surface area contributed by atoms with Crippen LogP contribution in [0.3, 0.4) is 0 Å². The van der Waals surface area contributed by atoms with Gasteiger partial charge in [0.05, 0.1) is 24.5 Å². The third-order valence-electron chi connectivity index (χ3n) is 3.68. The summed E-state index contributed by atoms with van der Waals surface area (Å²) in [4.78, 5) is 24.3. The summed E-state index contributed by atoms with van der Waals surface area (Å²) in [6, 6.07) is 6.12. The van der Waals surface area contributed by atoms with E-state index < -0.39 is 43.0 Å². The monoisotopic (exact) mass is 317 g/mol. The predicted octanol–water partition coefficient (Wildman–Crippen LogP) is 2.03. The van der Waals surface area contributed by atoms with Crippen molar-refractivity contribution >= 4 is 11.9 Å². The molecule has 22 heavy (non-hydrogen) atoms. The van der Waals surface area contributed by atoms with E-state index in [-0.39, 0.29) is 11.3 Å². The predicted molar refractivity (Wildman–Crippen MR) is 69.6 cm³/mol. The smallest absolute Gasteiger partial charge is 0.394 e. The summed E-state index contributed by atoms with van der Waals surface area (Å²) < 4.78 is 43.8. The molecule has 0 saturated carbocycles. The normalized spacial score (nSPS) is 21.7. The molecule has 5 nitrogen and oxygen atoms in total. The number of carbonyl (C=O) groups excluding carboxylic acids is 1. The molecule has 0 bridgehead atoms. The quantitative estimate of drug-likeness (QED) is 0.926. The second-order valence-electron chi connectivity index (χ2n) is 5.00. The van der Waals surface area contributed by atoms with Gasteiger partial charge >= 0.3 is 12.1 Å². The van der Waals surface area contributed by atoms with Crippen LogP contribution < -0.4 is 4.74 Å². The average Bonchev–Trinajstić information content (AvgIpc) is 2.92. The molecular weight excluding hydrogens is 303 g/mol. The van der Waals surface area contributed by atoms with Gasteiger partial charge in [0.15, 0.2) is 0 Å². The topological polar surface area (TPSA) is 66.8 Å². The van der Waals surface area contributed by atoms with Gasteiger partial charge in [0.25, 0.3) is 5.91 Å². The fourth-order valence-electron chi connectivity index (χ4n) is 2.54. The number of hydrogen-bond donors (Lipinski definition) is 1. The van der Waals surface area contributed by atoms with Gasteiger partial charge in [-0.3, -0.25) is 9.59 Å². The summed E-state index contributed by atoms with van der Waals surface area (Å²) in [6.07, 6.45) is -4.67. The number of carboxylic acid groups (broad SMARTS) is 1. The fraction of sp³-hybridized carbons (Fsp3) is 0.429. The van der Waals surface area contributed by atoms with Crippen LogP contribution in [-0.2, 0) is 4.79 Å². The molecule has 0 radical (unpaired) electrons. The minimum atomic E-state index is -4.67. The summed E-state index contributed by atoms with van der Waals surface area (Å²) in [6.45, 7) is -1.15. The van der Waals surface area contributed by atoms with E-state index in [0.717, 1.165) is 4.90 Å². The van der Waals surface area contributed by atoms with Gasteiger partial charge in [0.2, 0.25) is 0 Å². The van der Waals surface area contributed by atoms with Gasteiger partial charge in [-0.2, -0.15) is 13.2 Å². The van der Waals surface area contributed by atoms with Gasteiger partial charge in [0.1, 0.15) is 5.75 Å². The summed E-state index contributed by atoms with van der Waals surface area (Å²) >= 11 is 0. The molecule has 1 saturated heterocycles. The molecule has 2 atom stereocenters. The number of para-hydroxylation sites is 1. The average molecular weight is 317 g/mol. The summed E-state index contributed by atoms with van der Waals surface area (Å²) in [5.74, 6) is -5.72. The number of hydrogen-bond acceptors (Lipinski definition) is 3. The first kappa shape index (κ1) is 16.1. The minimum absolute atomic E-state index is 0.108. The molecule has 120 valence electrons. The Morgan fingerprint density at radius 1 is 1.27 bits per heavy atom. The third-order valence-corrected chi connectivity index (χ3v) is 3.68. The highest BCUT2D eigenvalue weighted by Gasteiger charge is 2.53. The van der Waals surface area contributed by atoms with E-state index >= 15 is 0 Å². The Morgan fingerprint density at radius 3 is 2.41 bits per heavy atom. The minimum Gasteiger partial charge on any atom is -0.496 e. The third kappa shape index (κ3) is 3.00. The van der Waals surface area contributed by atoms with E-state index in [0.29, 0.717) is 0 Å². The van der Waals surface area contributed by atoms with Crippen molar-refractivity contribution in [2.45, 2.75) is 6.18 Å². The van der Waals surface area contributed by atoms with Gasteiger partial charge in [0, 0.05) is 13.1 Å². The summed E-state index contributed by atoms with van der Waals surface area (Å²) in [5, 5.41) is 8.96. The van der Waals surface area contributed by atoms with Gasteiger partial charge in [-0.25, -0.2) is 0 Å². The van der Waals surface area contributed by atoms with Crippen molar-refractivity contribution in [3.8, 4) is 5.75 Å². The van der Waals surface area contributed by atoms with E-state index in [2.05, 4.69) is 0 Å². The molecule has 1 aromatic carbocycles. The highest BCUT2D eigenvalue weighted by molar-refractivity contribution is 5.97. The van der Waals surface area contributed by atoms with Crippen LogP contribution >= 0.6 is 0 Å². The Bertz CT molecular complexity index is 588. The highest BCUT2D eigenvalue weighted by Crippen LogP contribution is 2.38. The second kappa shape index (κ2) is 5.86. The van der Waals surface area contributed by atoms with Crippen LogP contribution in [0.1, 0.15) is 10.4 Å². The van der Waals surface area contributed by atoms with Crippen molar-refractivity contribution in [2.75, 3.05) is 20.2 Å². The number of rotatable bonds is 3. The number of methoxy groups -OCH3 is 1. The standard InChI is InChI=1S/C14H14F3NO4/c1-22-11-5-3-2-4-8(11)12(19)18-6-9(13(20)21)10(7-18)14(15,16)17/h2-5,9-10H,6-7H2,1H3,(H,20,21)/t9-,10-/m1/s1. The van der Waals surface area contributed by atoms with E-state index in [1.54, 1.807) is 12.1 Å². The second-order valence-corrected chi connectivity index (χ2v) is 5.00. The van der Waals surface area contributed by atoms with Crippen LogP contribution in [0.4, 0.5) is 13.2 Å². The molecule has 1 aromatic rings. The molecule has 8 heteroatoms. The maximum Gasteiger partial charge on any atom is 0.394 e. The number of carbonyl (C=O) groups is 2. The molecule has 0 unspecified atom stereocenters. The van der Waals surface area contributed by atoms with E-state index in [1.165, 1.54) is 19.2 Å². The first-order chi connectivity index (χ1) is 10.3.